The summed E-state index contributed by atoms with van der Waals surface area (Å²) in [5, 5.41) is 10.7. The van der Waals surface area contributed by atoms with E-state index in [1.807, 2.05) is 0 Å². The van der Waals surface area contributed by atoms with Crippen molar-refractivity contribution in [1.82, 2.24) is 0 Å². The number of rotatable bonds is 3. The molecule has 0 radical (unpaired) electrons. The van der Waals surface area contributed by atoms with Crippen molar-refractivity contribution in [3.8, 4) is 0 Å². The van der Waals surface area contributed by atoms with E-state index in [1.54, 1.807) is 12.1 Å². The average Bonchev–Trinajstić information content (AvgIpc) is 2.06. The number of aromatic nitrogens is 1. The topological polar surface area (TPSA) is 36.2 Å². The fourth-order valence-corrected chi connectivity index (χ4v) is 1.01. The zero-order valence-corrected chi connectivity index (χ0v) is 8.99. The first-order valence-corrected chi connectivity index (χ1v) is 4.73. The molecule has 3 heteroatoms. The van der Waals surface area contributed by atoms with Crippen LogP contribution in [0.15, 0.2) is 24.5 Å². The highest BCUT2D eigenvalue weighted by Gasteiger charge is 2.09. The highest BCUT2D eigenvalue weighted by molar-refractivity contribution is 5.05. The second-order valence-corrected chi connectivity index (χ2v) is 4.62. The molecule has 0 bridgehead atoms. The summed E-state index contributed by atoms with van der Waals surface area (Å²) in [5.41, 5.74) is 1.22. The van der Waals surface area contributed by atoms with Crippen LogP contribution in [0.2, 0.25) is 0 Å². The van der Waals surface area contributed by atoms with Crippen LogP contribution in [0.5, 0.6) is 0 Å². The molecule has 0 fully saturated rings. The summed E-state index contributed by atoms with van der Waals surface area (Å²) in [6.07, 6.45) is 2.96. The zero-order chi connectivity index (χ0) is 10.6. The largest absolute Gasteiger partial charge is 0.619 e. The third-order valence-corrected chi connectivity index (χ3v) is 1.67. The summed E-state index contributed by atoms with van der Waals surface area (Å²) in [4.78, 5) is 0. The Morgan fingerprint density at radius 3 is 2.36 bits per heavy atom. The normalized spacial score (nSPS) is 11.6. The maximum atomic E-state index is 10.7. The predicted octanol–water partition coefficient (Wildman–Crippen LogP) is 1.88. The van der Waals surface area contributed by atoms with Gasteiger partial charge in [0.25, 0.3) is 0 Å². The minimum atomic E-state index is 0.188. The standard InChI is InChI=1S/C11H17NO2/c1-11(2,3)9-14-8-10-4-6-12(13)7-5-10/h4-7H,8-9H2,1-3H3. The molecule has 0 unspecified atom stereocenters. The molecular formula is C11H17NO2. The SMILES string of the molecule is CC(C)(C)COCc1cc[n+]([O-])cc1. The molecule has 1 aromatic heterocycles. The van der Waals surface area contributed by atoms with E-state index >= 15 is 0 Å². The predicted molar refractivity (Wildman–Crippen MR) is 54.5 cm³/mol. The summed E-state index contributed by atoms with van der Waals surface area (Å²) in [6.45, 7) is 7.67. The van der Waals surface area contributed by atoms with Crippen molar-refractivity contribution in [2.24, 2.45) is 5.41 Å². The van der Waals surface area contributed by atoms with Crippen LogP contribution in [0.1, 0.15) is 26.3 Å². The van der Waals surface area contributed by atoms with E-state index < -0.39 is 0 Å². The van der Waals surface area contributed by atoms with E-state index in [9.17, 15) is 5.21 Å². The minimum absolute atomic E-state index is 0.188. The van der Waals surface area contributed by atoms with Crippen LogP contribution >= 0.6 is 0 Å². The summed E-state index contributed by atoms with van der Waals surface area (Å²) < 4.78 is 6.28. The molecule has 0 N–H and O–H groups in total. The van der Waals surface area contributed by atoms with Crippen LogP contribution in [0, 0.1) is 10.6 Å². The van der Waals surface area contributed by atoms with Gasteiger partial charge in [-0.05, 0) is 11.0 Å². The number of nitrogens with zero attached hydrogens (tertiary/aromatic N) is 1. The average molecular weight is 195 g/mol. The number of ether oxygens (including phenoxy) is 1. The van der Waals surface area contributed by atoms with Gasteiger partial charge in [0.15, 0.2) is 12.4 Å². The molecule has 1 rings (SSSR count). The molecule has 0 aromatic carbocycles. The van der Waals surface area contributed by atoms with Crippen LogP contribution in [-0.2, 0) is 11.3 Å². The summed E-state index contributed by atoms with van der Waals surface area (Å²) in [7, 11) is 0. The lowest BCUT2D eigenvalue weighted by Crippen LogP contribution is -2.24. The Kier molecular flexibility index (Phi) is 3.47. The molecule has 3 nitrogen and oxygen atoms in total. The second kappa shape index (κ2) is 4.42. The van der Waals surface area contributed by atoms with Gasteiger partial charge in [-0.2, -0.15) is 4.73 Å². The third kappa shape index (κ3) is 4.23. The molecule has 0 saturated carbocycles. The van der Waals surface area contributed by atoms with E-state index in [2.05, 4.69) is 20.8 Å². The maximum absolute atomic E-state index is 10.7. The van der Waals surface area contributed by atoms with Crippen molar-refractivity contribution in [2.75, 3.05) is 6.61 Å². The smallest absolute Gasteiger partial charge is 0.180 e. The highest BCUT2D eigenvalue weighted by atomic mass is 16.5. The van der Waals surface area contributed by atoms with E-state index in [4.69, 9.17) is 4.74 Å². The summed E-state index contributed by atoms with van der Waals surface area (Å²) >= 11 is 0. The van der Waals surface area contributed by atoms with Crippen LogP contribution in [0.3, 0.4) is 0 Å². The van der Waals surface area contributed by atoms with Crippen molar-refractivity contribution in [3.05, 3.63) is 35.3 Å². The Balaban J connectivity index is 2.35. The van der Waals surface area contributed by atoms with Gasteiger partial charge in [-0.1, -0.05) is 20.8 Å². The van der Waals surface area contributed by atoms with Crippen LogP contribution in [-0.4, -0.2) is 6.61 Å². The maximum Gasteiger partial charge on any atom is 0.180 e. The van der Waals surface area contributed by atoms with E-state index in [-0.39, 0.29) is 5.41 Å². The van der Waals surface area contributed by atoms with Crippen molar-refractivity contribution < 1.29 is 9.47 Å². The molecule has 0 saturated heterocycles. The van der Waals surface area contributed by atoms with Gasteiger partial charge in [0, 0.05) is 12.1 Å². The van der Waals surface area contributed by atoms with Gasteiger partial charge in [-0.25, -0.2) is 0 Å². The molecule has 1 aromatic rings. The molecule has 14 heavy (non-hydrogen) atoms. The number of pyridine rings is 1. The van der Waals surface area contributed by atoms with Crippen molar-refractivity contribution >= 4 is 0 Å². The third-order valence-electron chi connectivity index (χ3n) is 1.67. The van der Waals surface area contributed by atoms with Crippen LogP contribution in [0.25, 0.3) is 0 Å². The first-order chi connectivity index (χ1) is 6.47. The Morgan fingerprint density at radius 1 is 1.29 bits per heavy atom. The van der Waals surface area contributed by atoms with Crippen molar-refractivity contribution in [1.29, 1.82) is 0 Å². The first kappa shape index (κ1) is 11.0. The fraction of sp³-hybridized carbons (Fsp3) is 0.545. The van der Waals surface area contributed by atoms with Crippen LogP contribution < -0.4 is 4.73 Å². The number of hydrogen-bond donors (Lipinski definition) is 0. The van der Waals surface area contributed by atoms with E-state index in [1.165, 1.54) is 12.4 Å². The summed E-state index contributed by atoms with van der Waals surface area (Å²) in [5.74, 6) is 0. The molecule has 0 spiro atoms. The van der Waals surface area contributed by atoms with Gasteiger partial charge in [-0.3, -0.25) is 0 Å². The Hall–Kier alpha value is -1.09. The Bertz CT molecular complexity index is 274. The Labute approximate surface area is 84.9 Å². The van der Waals surface area contributed by atoms with Gasteiger partial charge >= 0.3 is 0 Å². The first-order valence-electron chi connectivity index (χ1n) is 4.73. The van der Waals surface area contributed by atoms with Gasteiger partial charge in [0.2, 0.25) is 0 Å². The molecular weight excluding hydrogens is 178 g/mol. The van der Waals surface area contributed by atoms with Gasteiger partial charge in [0.05, 0.1) is 13.2 Å². The van der Waals surface area contributed by atoms with Crippen LogP contribution in [0.4, 0.5) is 0 Å². The highest BCUT2D eigenvalue weighted by Crippen LogP contribution is 2.13. The quantitative estimate of drug-likeness (QED) is 0.545. The fourth-order valence-electron chi connectivity index (χ4n) is 1.01. The van der Waals surface area contributed by atoms with Gasteiger partial charge < -0.3 is 9.94 Å². The molecule has 0 amide bonds. The molecule has 1 heterocycles. The number of hydrogen-bond acceptors (Lipinski definition) is 2. The summed E-state index contributed by atoms with van der Waals surface area (Å²) in [6, 6.07) is 3.55. The van der Waals surface area contributed by atoms with Crippen molar-refractivity contribution in [2.45, 2.75) is 27.4 Å². The van der Waals surface area contributed by atoms with Crippen molar-refractivity contribution in [3.63, 3.8) is 0 Å². The molecule has 0 aliphatic carbocycles. The lowest BCUT2D eigenvalue weighted by molar-refractivity contribution is -0.605. The lowest BCUT2D eigenvalue weighted by Gasteiger charge is -2.17. The van der Waals surface area contributed by atoms with E-state index in [0.29, 0.717) is 6.61 Å². The monoisotopic (exact) mass is 195 g/mol. The minimum Gasteiger partial charge on any atom is -0.619 e. The molecule has 0 aliphatic heterocycles. The van der Waals surface area contributed by atoms with Gasteiger partial charge in [0.1, 0.15) is 0 Å². The molecule has 0 aliphatic rings. The van der Waals surface area contributed by atoms with E-state index in [0.717, 1.165) is 16.9 Å². The molecule has 0 atom stereocenters. The Morgan fingerprint density at radius 2 is 1.86 bits per heavy atom. The lowest BCUT2D eigenvalue weighted by atomic mass is 9.99. The van der Waals surface area contributed by atoms with Gasteiger partial charge in [-0.15, -0.1) is 0 Å². The zero-order valence-electron chi connectivity index (χ0n) is 8.99. The second-order valence-electron chi connectivity index (χ2n) is 4.62. The molecule has 78 valence electrons.